The van der Waals surface area contributed by atoms with Crippen molar-refractivity contribution in [2.24, 2.45) is 0 Å². The molecule has 0 atom stereocenters. The second kappa shape index (κ2) is 11.2. The van der Waals surface area contributed by atoms with E-state index in [0.717, 1.165) is 11.3 Å². The van der Waals surface area contributed by atoms with Crippen molar-refractivity contribution in [2.75, 3.05) is 0 Å². The van der Waals surface area contributed by atoms with Gasteiger partial charge in [-0.05, 0) is 13.8 Å². The van der Waals surface area contributed by atoms with Crippen LogP contribution in [-0.2, 0) is 24.9 Å². The molecule has 0 spiro atoms. The first-order valence-corrected chi connectivity index (χ1v) is 14.2. The van der Waals surface area contributed by atoms with Crippen LogP contribution in [0.25, 0.3) is 11.3 Å². The third-order valence-corrected chi connectivity index (χ3v) is 10.2. The van der Waals surface area contributed by atoms with Crippen molar-refractivity contribution in [3.05, 3.63) is 91.1 Å². The van der Waals surface area contributed by atoms with Crippen LogP contribution in [-0.4, -0.2) is 57.5 Å². The maximum absolute atomic E-state index is 10.0. The third kappa shape index (κ3) is 5.44. The Kier molecular flexibility index (Phi) is 8.24. The van der Waals surface area contributed by atoms with Crippen molar-refractivity contribution in [3.8, 4) is 11.3 Å². The molecule has 0 saturated carbocycles. The minimum absolute atomic E-state index is 0. The number of ketones is 1. The Balaban J connectivity index is 0.000000320. The summed E-state index contributed by atoms with van der Waals surface area (Å²) in [6.07, 6.45) is 6.50. The molecule has 3 heterocycles. The molecule has 2 aliphatic rings. The van der Waals surface area contributed by atoms with Crippen molar-refractivity contribution in [1.29, 1.82) is 0 Å². The van der Waals surface area contributed by atoms with Gasteiger partial charge >= 0.3 is 171 Å². The molecule has 1 radical (unpaired) electrons. The van der Waals surface area contributed by atoms with Crippen LogP contribution < -0.4 is 34.2 Å². The molecule has 175 valence electrons. The average Bonchev–Trinajstić information content (AvgIpc) is 2.83. The molecule has 1 aromatic heterocycles. The molecule has 3 aromatic carbocycles. The molecule has 0 fully saturated rings. The van der Waals surface area contributed by atoms with E-state index in [-0.39, 0.29) is 46.6 Å². The fourth-order valence-electron chi connectivity index (χ4n) is 4.19. The zero-order valence-corrected chi connectivity index (χ0v) is 24.8. The van der Waals surface area contributed by atoms with Crippen LogP contribution in [0.15, 0.2) is 85.0 Å². The summed E-state index contributed by atoms with van der Waals surface area (Å²) in [4.78, 5) is 18.8. The van der Waals surface area contributed by atoms with Crippen molar-refractivity contribution < 1.29 is 30.0 Å². The van der Waals surface area contributed by atoms with Gasteiger partial charge in [0.15, 0.2) is 5.78 Å². The maximum atomic E-state index is 10.0. The minimum atomic E-state index is -0.125. The van der Waals surface area contributed by atoms with Crippen LogP contribution in [0.1, 0.15) is 13.8 Å². The Bertz CT molecular complexity index is 1360. The predicted molar refractivity (Wildman–Crippen MR) is 141 cm³/mol. The van der Waals surface area contributed by atoms with Crippen LogP contribution in [0.4, 0.5) is 0 Å². The Labute approximate surface area is 231 Å². The van der Waals surface area contributed by atoms with E-state index in [1.807, 2.05) is 6.20 Å². The van der Waals surface area contributed by atoms with E-state index in [4.69, 9.17) is 5.11 Å². The Morgan fingerprint density at radius 1 is 0.971 bits per heavy atom. The molecule has 4 nitrogen and oxygen atoms in total. The zero-order chi connectivity index (χ0) is 23.7. The van der Waals surface area contributed by atoms with Gasteiger partial charge in [-0.25, -0.2) is 0 Å². The monoisotopic (exact) mass is 768 g/mol. The van der Waals surface area contributed by atoms with Gasteiger partial charge in [-0.15, -0.1) is 0 Å². The molecule has 35 heavy (non-hydrogen) atoms. The first-order chi connectivity index (χ1) is 16.5. The second-order valence-electron chi connectivity index (χ2n) is 7.99. The van der Waals surface area contributed by atoms with Gasteiger partial charge in [-0.3, -0.25) is 4.79 Å². The fourth-order valence-corrected chi connectivity index (χ4v) is 9.47. The SMILES string of the molecule is CC(=O)/C=C(/C)O.[Ir].[c-]1c(-c2cnccn2)cc2c3c1[Se]c1ccccc1B3c1ccccc1[Se]2. The molecule has 4 aromatic rings. The van der Waals surface area contributed by atoms with Crippen molar-refractivity contribution in [3.63, 3.8) is 0 Å². The number of hydrogen-bond donors (Lipinski definition) is 1. The predicted octanol–water partition coefficient (Wildman–Crippen LogP) is -0.569. The Morgan fingerprint density at radius 3 is 2.20 bits per heavy atom. The van der Waals surface area contributed by atoms with Gasteiger partial charge in [0.05, 0.1) is 5.76 Å². The number of nitrogens with zero attached hydrogens (tertiary/aromatic N) is 2. The summed E-state index contributed by atoms with van der Waals surface area (Å²) in [7, 11) is 0. The summed E-state index contributed by atoms with van der Waals surface area (Å²) in [5, 5.41) is 8.36. The van der Waals surface area contributed by atoms with E-state index in [0.29, 0.717) is 21.7 Å². The van der Waals surface area contributed by atoms with Gasteiger partial charge in [0.1, 0.15) is 0 Å². The average molecular weight is 765 g/mol. The molecule has 0 unspecified atom stereocenters. The van der Waals surface area contributed by atoms with Gasteiger partial charge in [0.25, 0.3) is 0 Å². The van der Waals surface area contributed by atoms with Crippen LogP contribution in [0.5, 0.6) is 0 Å². The molecule has 0 saturated heterocycles. The summed E-state index contributed by atoms with van der Waals surface area (Å²) < 4.78 is 5.84. The van der Waals surface area contributed by atoms with Gasteiger partial charge < -0.3 is 5.11 Å². The van der Waals surface area contributed by atoms with Gasteiger partial charge in [0, 0.05) is 26.2 Å². The molecule has 6 rings (SSSR count). The zero-order valence-electron chi connectivity index (χ0n) is 19.0. The normalized spacial score (nSPS) is 12.7. The molecular weight excluding hydrogens is 745 g/mol. The summed E-state index contributed by atoms with van der Waals surface area (Å²) >= 11 is 0.587. The van der Waals surface area contributed by atoms with Crippen LogP contribution in [0, 0.1) is 6.07 Å². The number of benzene rings is 3. The van der Waals surface area contributed by atoms with Crippen molar-refractivity contribution >= 4 is 76.6 Å². The van der Waals surface area contributed by atoms with Gasteiger partial charge in [0.2, 0.25) is 0 Å². The molecule has 0 aliphatic carbocycles. The summed E-state index contributed by atoms with van der Waals surface area (Å²) in [5.74, 6) is -0.0625. The molecule has 8 heteroatoms. The quantitative estimate of drug-likeness (QED) is 0.111. The van der Waals surface area contributed by atoms with Crippen LogP contribution in [0.3, 0.4) is 0 Å². The van der Waals surface area contributed by atoms with E-state index < -0.39 is 0 Å². The number of fused-ring (bicyclic) bond motifs is 4. The number of aliphatic hydroxyl groups is 1. The molecular formula is C27H20BIrN2O2Se2-. The van der Waals surface area contributed by atoms with Gasteiger partial charge in [-0.1, -0.05) is 0 Å². The van der Waals surface area contributed by atoms with E-state index in [1.165, 1.54) is 54.2 Å². The number of rotatable bonds is 2. The summed E-state index contributed by atoms with van der Waals surface area (Å²) in [5.41, 5.74) is 6.47. The molecule has 2 aliphatic heterocycles. The number of hydrogen-bond acceptors (Lipinski definition) is 4. The molecule has 1 N–H and O–H groups in total. The number of carbonyl (C=O) groups excluding carboxylic acids is 1. The van der Waals surface area contributed by atoms with Crippen LogP contribution in [0.2, 0.25) is 0 Å². The van der Waals surface area contributed by atoms with E-state index >= 15 is 0 Å². The number of aliphatic hydroxyl groups excluding tert-OH is 1. The van der Waals surface area contributed by atoms with E-state index in [9.17, 15) is 4.79 Å². The summed E-state index contributed by atoms with van der Waals surface area (Å²) in [6, 6.07) is 24.0. The first-order valence-electron chi connectivity index (χ1n) is 10.8. The van der Waals surface area contributed by atoms with E-state index in [2.05, 4.69) is 70.6 Å². The second-order valence-corrected chi connectivity index (χ2v) is 12.5. The molecule has 0 amide bonds. The number of allylic oxidation sites excluding steroid dienone is 2. The van der Waals surface area contributed by atoms with Crippen molar-refractivity contribution in [1.82, 2.24) is 9.97 Å². The number of carbonyl (C=O) groups is 1. The van der Waals surface area contributed by atoms with E-state index in [1.54, 1.807) is 12.4 Å². The standard InChI is InChI=1S/C22H12BN2Se2.C5H8O2.Ir/c1-3-7-18-15(5-1)23-16-6-2-4-8-19(16)27-21-12-14(11-20(26-18)22(21)23)17-13-24-9-10-25-17;1-4(6)3-5(2)7;/h1-11,13H;3,6H,1-2H3;/q-1;;/b;4-3-;. The van der Waals surface area contributed by atoms with Crippen molar-refractivity contribution in [2.45, 2.75) is 13.8 Å². The molecule has 0 bridgehead atoms. The third-order valence-electron chi connectivity index (χ3n) is 5.47. The van der Waals surface area contributed by atoms with Crippen LogP contribution >= 0.6 is 0 Å². The fraction of sp³-hybridized carbons (Fsp3) is 0.0741. The Hall–Kier alpha value is -2.30. The number of aromatic nitrogens is 2. The van der Waals surface area contributed by atoms with Gasteiger partial charge in [-0.2, -0.15) is 0 Å². The topological polar surface area (TPSA) is 63.1 Å². The Morgan fingerprint density at radius 2 is 1.63 bits per heavy atom. The first kappa shape index (κ1) is 25.8. The summed E-state index contributed by atoms with van der Waals surface area (Å²) in [6.45, 7) is 3.20.